The summed E-state index contributed by atoms with van der Waals surface area (Å²) in [5.74, 6) is 0.680. The van der Waals surface area contributed by atoms with Crippen molar-refractivity contribution in [3.63, 3.8) is 0 Å². The first-order valence-corrected chi connectivity index (χ1v) is 6.98. The van der Waals surface area contributed by atoms with Gasteiger partial charge in [-0.3, -0.25) is 0 Å². The molecule has 0 bridgehead atoms. The number of fused-ring (bicyclic) bond motifs is 1. The third-order valence-corrected chi connectivity index (χ3v) is 4.11. The maximum absolute atomic E-state index is 5.91. The van der Waals surface area contributed by atoms with E-state index in [4.69, 9.17) is 4.42 Å². The van der Waals surface area contributed by atoms with Gasteiger partial charge in [0.25, 0.3) is 0 Å². The molecule has 3 aromatic rings. The summed E-state index contributed by atoms with van der Waals surface area (Å²) in [4.78, 5) is 4.59. The van der Waals surface area contributed by atoms with Crippen LogP contribution in [0.25, 0.3) is 22.6 Å². The Morgan fingerprint density at radius 1 is 1.00 bits per heavy atom. The van der Waals surface area contributed by atoms with E-state index in [9.17, 15) is 0 Å². The zero-order valence-corrected chi connectivity index (χ0v) is 12.7. The standard InChI is InChI=1S/C16H14BrNO/c1-9-6-11(3)15-14(7-9)18-16(19-15)12-4-5-13(17)10(2)8-12/h4-8H,1-3H3. The molecule has 0 atom stereocenters. The van der Waals surface area contributed by atoms with Crippen molar-refractivity contribution in [1.29, 1.82) is 0 Å². The Bertz CT molecular complexity index is 774. The van der Waals surface area contributed by atoms with Crippen LogP contribution in [0.5, 0.6) is 0 Å². The number of hydrogen-bond acceptors (Lipinski definition) is 2. The SMILES string of the molecule is Cc1cc(C)c2oc(-c3ccc(Br)c(C)c3)nc2c1. The number of rotatable bonds is 1. The van der Waals surface area contributed by atoms with Gasteiger partial charge in [0.2, 0.25) is 5.89 Å². The fourth-order valence-corrected chi connectivity index (χ4v) is 2.52. The largest absolute Gasteiger partial charge is 0.436 e. The number of aromatic nitrogens is 1. The van der Waals surface area contributed by atoms with Gasteiger partial charge in [-0.05, 0) is 61.7 Å². The van der Waals surface area contributed by atoms with Gasteiger partial charge in [0.1, 0.15) is 5.52 Å². The van der Waals surface area contributed by atoms with E-state index in [2.05, 4.69) is 59.9 Å². The van der Waals surface area contributed by atoms with Crippen molar-refractivity contribution in [2.45, 2.75) is 20.8 Å². The van der Waals surface area contributed by atoms with Crippen LogP contribution in [0.3, 0.4) is 0 Å². The summed E-state index contributed by atoms with van der Waals surface area (Å²) in [7, 11) is 0. The molecule has 2 aromatic carbocycles. The Morgan fingerprint density at radius 3 is 2.53 bits per heavy atom. The summed E-state index contributed by atoms with van der Waals surface area (Å²) in [6.07, 6.45) is 0. The molecule has 19 heavy (non-hydrogen) atoms. The van der Waals surface area contributed by atoms with E-state index < -0.39 is 0 Å². The predicted octanol–water partition coefficient (Wildman–Crippen LogP) is 5.18. The van der Waals surface area contributed by atoms with E-state index in [0.29, 0.717) is 5.89 Å². The van der Waals surface area contributed by atoms with E-state index in [1.54, 1.807) is 0 Å². The van der Waals surface area contributed by atoms with Gasteiger partial charge in [-0.1, -0.05) is 22.0 Å². The van der Waals surface area contributed by atoms with Crippen LogP contribution < -0.4 is 0 Å². The van der Waals surface area contributed by atoms with Crippen molar-refractivity contribution in [1.82, 2.24) is 4.98 Å². The van der Waals surface area contributed by atoms with E-state index in [0.717, 1.165) is 26.7 Å². The lowest BCUT2D eigenvalue weighted by molar-refractivity contribution is 0.617. The zero-order chi connectivity index (χ0) is 13.6. The van der Waals surface area contributed by atoms with E-state index >= 15 is 0 Å². The molecule has 0 N–H and O–H groups in total. The smallest absolute Gasteiger partial charge is 0.227 e. The molecule has 0 radical (unpaired) electrons. The Balaban J connectivity index is 2.20. The monoisotopic (exact) mass is 315 g/mol. The minimum absolute atomic E-state index is 0.680. The molecule has 0 fully saturated rings. The van der Waals surface area contributed by atoms with Crippen LogP contribution in [-0.2, 0) is 0 Å². The first kappa shape index (κ1) is 12.4. The van der Waals surface area contributed by atoms with Crippen LogP contribution in [-0.4, -0.2) is 4.98 Å². The number of aryl methyl sites for hydroxylation is 3. The van der Waals surface area contributed by atoms with E-state index in [-0.39, 0.29) is 0 Å². The Morgan fingerprint density at radius 2 is 1.79 bits per heavy atom. The van der Waals surface area contributed by atoms with Crippen molar-refractivity contribution in [2.24, 2.45) is 0 Å². The summed E-state index contributed by atoms with van der Waals surface area (Å²) in [6, 6.07) is 10.3. The molecular formula is C16H14BrNO. The summed E-state index contributed by atoms with van der Waals surface area (Å²) in [5, 5.41) is 0. The summed E-state index contributed by atoms with van der Waals surface area (Å²) < 4.78 is 7.00. The van der Waals surface area contributed by atoms with Gasteiger partial charge in [-0.15, -0.1) is 0 Å². The maximum Gasteiger partial charge on any atom is 0.227 e. The van der Waals surface area contributed by atoms with Crippen LogP contribution in [0.2, 0.25) is 0 Å². The molecule has 2 nitrogen and oxygen atoms in total. The van der Waals surface area contributed by atoms with Crippen LogP contribution in [0.1, 0.15) is 16.7 Å². The number of halogens is 1. The third kappa shape index (κ3) is 2.19. The first-order valence-electron chi connectivity index (χ1n) is 6.19. The minimum atomic E-state index is 0.680. The number of nitrogens with zero attached hydrogens (tertiary/aromatic N) is 1. The molecule has 0 amide bonds. The minimum Gasteiger partial charge on any atom is -0.436 e. The highest BCUT2D eigenvalue weighted by atomic mass is 79.9. The number of hydrogen-bond donors (Lipinski definition) is 0. The van der Waals surface area contributed by atoms with Gasteiger partial charge < -0.3 is 4.42 Å². The fourth-order valence-electron chi connectivity index (χ4n) is 2.28. The molecule has 1 heterocycles. The Kier molecular flexibility index (Phi) is 2.94. The molecule has 1 aromatic heterocycles. The number of oxazole rings is 1. The predicted molar refractivity (Wildman–Crippen MR) is 81.4 cm³/mol. The van der Waals surface area contributed by atoms with Gasteiger partial charge >= 0.3 is 0 Å². The van der Waals surface area contributed by atoms with Crippen molar-refractivity contribution < 1.29 is 4.42 Å². The van der Waals surface area contributed by atoms with E-state index in [1.165, 1.54) is 11.1 Å². The lowest BCUT2D eigenvalue weighted by Crippen LogP contribution is -1.80. The van der Waals surface area contributed by atoms with Gasteiger partial charge in [0.15, 0.2) is 5.58 Å². The Labute approximate surface area is 120 Å². The van der Waals surface area contributed by atoms with Crippen molar-refractivity contribution in [2.75, 3.05) is 0 Å². The maximum atomic E-state index is 5.91. The molecule has 0 saturated heterocycles. The average molecular weight is 316 g/mol. The molecule has 0 aliphatic rings. The second-order valence-corrected chi connectivity index (χ2v) is 5.77. The molecular weight excluding hydrogens is 302 g/mol. The molecule has 0 aliphatic carbocycles. The zero-order valence-electron chi connectivity index (χ0n) is 11.1. The summed E-state index contributed by atoms with van der Waals surface area (Å²) in [5.41, 5.74) is 6.32. The highest BCUT2D eigenvalue weighted by Crippen LogP contribution is 2.29. The number of benzene rings is 2. The van der Waals surface area contributed by atoms with Gasteiger partial charge in [-0.25, -0.2) is 4.98 Å². The Hall–Kier alpha value is -1.61. The highest BCUT2D eigenvalue weighted by Gasteiger charge is 2.11. The highest BCUT2D eigenvalue weighted by molar-refractivity contribution is 9.10. The molecule has 0 spiro atoms. The summed E-state index contributed by atoms with van der Waals surface area (Å²) in [6.45, 7) is 6.19. The lowest BCUT2D eigenvalue weighted by atomic mass is 10.1. The van der Waals surface area contributed by atoms with Gasteiger partial charge in [0.05, 0.1) is 0 Å². The molecule has 0 aliphatic heterocycles. The van der Waals surface area contributed by atoms with E-state index in [1.807, 2.05) is 12.1 Å². The third-order valence-electron chi connectivity index (χ3n) is 3.22. The van der Waals surface area contributed by atoms with Crippen LogP contribution in [0, 0.1) is 20.8 Å². The summed E-state index contributed by atoms with van der Waals surface area (Å²) >= 11 is 3.51. The normalized spacial score (nSPS) is 11.2. The van der Waals surface area contributed by atoms with Crippen LogP contribution in [0.4, 0.5) is 0 Å². The van der Waals surface area contributed by atoms with Crippen molar-refractivity contribution >= 4 is 27.0 Å². The van der Waals surface area contributed by atoms with Gasteiger partial charge in [0, 0.05) is 10.0 Å². The van der Waals surface area contributed by atoms with Crippen LogP contribution >= 0.6 is 15.9 Å². The quantitative estimate of drug-likeness (QED) is 0.618. The molecule has 0 unspecified atom stereocenters. The molecule has 3 rings (SSSR count). The second kappa shape index (κ2) is 4.49. The lowest BCUT2D eigenvalue weighted by Gasteiger charge is -2.00. The molecule has 0 saturated carbocycles. The van der Waals surface area contributed by atoms with Crippen molar-refractivity contribution in [3.8, 4) is 11.5 Å². The molecule has 3 heteroatoms. The van der Waals surface area contributed by atoms with Crippen LogP contribution in [0.15, 0.2) is 39.2 Å². The first-order chi connectivity index (χ1) is 9.04. The second-order valence-electron chi connectivity index (χ2n) is 4.91. The fraction of sp³-hybridized carbons (Fsp3) is 0.188. The average Bonchev–Trinajstić information content (AvgIpc) is 2.76. The molecule has 96 valence electrons. The van der Waals surface area contributed by atoms with Crippen molar-refractivity contribution in [3.05, 3.63) is 51.5 Å². The topological polar surface area (TPSA) is 26.0 Å². The van der Waals surface area contributed by atoms with Gasteiger partial charge in [-0.2, -0.15) is 0 Å².